The molecule has 6 heteroatoms. The van der Waals surface area contributed by atoms with Crippen LogP contribution in [0.4, 0.5) is 0 Å². The summed E-state index contributed by atoms with van der Waals surface area (Å²) in [5, 5.41) is 1.15. The zero-order valence-corrected chi connectivity index (χ0v) is 17.7. The van der Waals surface area contributed by atoms with Crippen molar-refractivity contribution in [3.05, 3.63) is 69.2 Å². The number of likely N-dealkylation sites (tertiary alicyclic amines) is 1. The zero-order valence-electron chi connectivity index (χ0n) is 16.9. The van der Waals surface area contributed by atoms with Crippen molar-refractivity contribution in [2.24, 2.45) is 0 Å². The molecule has 1 saturated heterocycles. The smallest absolute Gasteiger partial charge is 0.261 e. The second-order valence-electron chi connectivity index (χ2n) is 7.76. The van der Waals surface area contributed by atoms with E-state index in [1.165, 1.54) is 11.1 Å². The molecule has 152 valence electrons. The SMILES string of the molecule is Cc1cccc(C)c1OCCN1CCC(n2cnc3ccc(Cl)cc3c2=O)CC1. The molecule has 0 bridgehead atoms. The van der Waals surface area contributed by atoms with Gasteiger partial charge in [-0.05, 0) is 56.0 Å². The second kappa shape index (κ2) is 8.56. The van der Waals surface area contributed by atoms with Crippen molar-refractivity contribution in [2.45, 2.75) is 32.7 Å². The third-order valence-electron chi connectivity index (χ3n) is 5.76. The topological polar surface area (TPSA) is 47.4 Å². The molecule has 1 aliphatic rings. The van der Waals surface area contributed by atoms with Crippen LogP contribution < -0.4 is 10.3 Å². The highest BCUT2D eigenvalue weighted by atomic mass is 35.5. The van der Waals surface area contributed by atoms with Crippen molar-refractivity contribution in [1.29, 1.82) is 0 Å². The molecule has 1 aromatic heterocycles. The summed E-state index contributed by atoms with van der Waals surface area (Å²) in [6.45, 7) is 7.61. The van der Waals surface area contributed by atoms with Gasteiger partial charge in [-0.25, -0.2) is 4.98 Å². The maximum atomic E-state index is 12.9. The lowest BCUT2D eigenvalue weighted by atomic mass is 10.0. The molecule has 29 heavy (non-hydrogen) atoms. The lowest BCUT2D eigenvalue weighted by Gasteiger charge is -2.32. The predicted molar refractivity (Wildman–Crippen MR) is 117 cm³/mol. The van der Waals surface area contributed by atoms with E-state index in [4.69, 9.17) is 16.3 Å². The van der Waals surface area contributed by atoms with Gasteiger partial charge in [0, 0.05) is 30.7 Å². The summed E-state index contributed by atoms with van der Waals surface area (Å²) in [5.41, 5.74) is 3.03. The molecular weight excluding hydrogens is 386 g/mol. The molecule has 0 unspecified atom stereocenters. The van der Waals surface area contributed by atoms with E-state index in [9.17, 15) is 4.79 Å². The number of benzene rings is 2. The van der Waals surface area contributed by atoms with E-state index in [1.807, 2.05) is 0 Å². The van der Waals surface area contributed by atoms with Gasteiger partial charge in [0.1, 0.15) is 12.4 Å². The van der Waals surface area contributed by atoms with Crippen LogP contribution in [0.5, 0.6) is 5.75 Å². The van der Waals surface area contributed by atoms with Crippen LogP contribution in [0, 0.1) is 13.8 Å². The highest BCUT2D eigenvalue weighted by molar-refractivity contribution is 6.31. The number of para-hydroxylation sites is 1. The van der Waals surface area contributed by atoms with E-state index >= 15 is 0 Å². The molecular formula is C23H26ClN3O2. The average molecular weight is 412 g/mol. The van der Waals surface area contributed by atoms with E-state index in [1.54, 1.807) is 29.1 Å². The van der Waals surface area contributed by atoms with Gasteiger partial charge in [-0.1, -0.05) is 29.8 Å². The van der Waals surface area contributed by atoms with Crippen LogP contribution in [-0.4, -0.2) is 40.7 Å². The maximum Gasteiger partial charge on any atom is 0.261 e. The Morgan fingerprint density at radius 2 is 1.86 bits per heavy atom. The molecule has 0 N–H and O–H groups in total. The summed E-state index contributed by atoms with van der Waals surface area (Å²) in [6.07, 6.45) is 3.54. The molecule has 5 nitrogen and oxygen atoms in total. The van der Waals surface area contributed by atoms with Crippen molar-refractivity contribution in [2.75, 3.05) is 26.2 Å². The molecule has 0 aliphatic carbocycles. The lowest BCUT2D eigenvalue weighted by molar-refractivity contribution is 0.155. The molecule has 4 rings (SSSR count). The molecule has 1 aliphatic heterocycles. The van der Waals surface area contributed by atoms with Crippen molar-refractivity contribution >= 4 is 22.5 Å². The van der Waals surface area contributed by atoms with E-state index < -0.39 is 0 Å². The van der Waals surface area contributed by atoms with Gasteiger partial charge in [-0.2, -0.15) is 0 Å². The van der Waals surface area contributed by atoms with Crippen LogP contribution in [0.3, 0.4) is 0 Å². The van der Waals surface area contributed by atoms with Gasteiger partial charge < -0.3 is 4.74 Å². The summed E-state index contributed by atoms with van der Waals surface area (Å²) in [5.74, 6) is 0.995. The van der Waals surface area contributed by atoms with Gasteiger partial charge in [-0.3, -0.25) is 14.3 Å². The van der Waals surface area contributed by atoms with Gasteiger partial charge in [-0.15, -0.1) is 0 Å². The van der Waals surface area contributed by atoms with Crippen LogP contribution in [-0.2, 0) is 0 Å². The predicted octanol–water partition coefficient (Wildman–Crippen LogP) is 4.38. The number of halogens is 1. The Morgan fingerprint density at radius 1 is 1.14 bits per heavy atom. The van der Waals surface area contributed by atoms with Crippen molar-refractivity contribution < 1.29 is 4.74 Å². The summed E-state index contributed by atoms with van der Waals surface area (Å²) in [6, 6.07) is 11.7. The quantitative estimate of drug-likeness (QED) is 0.625. The molecule has 3 aromatic rings. The Bertz CT molecular complexity index is 1050. The third-order valence-corrected chi connectivity index (χ3v) is 5.99. The van der Waals surface area contributed by atoms with Crippen LogP contribution in [0.1, 0.15) is 30.0 Å². The summed E-state index contributed by atoms with van der Waals surface area (Å²) < 4.78 is 7.82. The number of hydrogen-bond donors (Lipinski definition) is 0. The van der Waals surface area contributed by atoms with Crippen molar-refractivity contribution in [1.82, 2.24) is 14.5 Å². The molecule has 2 heterocycles. The summed E-state index contributed by atoms with van der Waals surface area (Å²) >= 11 is 6.07. The Kier molecular flexibility index (Phi) is 5.88. The summed E-state index contributed by atoms with van der Waals surface area (Å²) in [4.78, 5) is 19.7. The molecule has 0 amide bonds. The minimum absolute atomic E-state index is 0.00527. The van der Waals surface area contributed by atoms with Crippen molar-refractivity contribution in [3.63, 3.8) is 0 Å². The molecule has 0 atom stereocenters. The monoisotopic (exact) mass is 411 g/mol. The fraction of sp³-hybridized carbons (Fsp3) is 0.391. The number of ether oxygens (including phenoxy) is 1. The van der Waals surface area contributed by atoms with Crippen LogP contribution in [0.25, 0.3) is 10.9 Å². The molecule has 0 saturated carbocycles. The first-order valence-electron chi connectivity index (χ1n) is 10.1. The Hall–Kier alpha value is -2.37. The second-order valence-corrected chi connectivity index (χ2v) is 8.20. The number of rotatable bonds is 5. The minimum Gasteiger partial charge on any atom is -0.492 e. The number of aryl methyl sites for hydroxylation is 2. The average Bonchev–Trinajstić information content (AvgIpc) is 2.72. The fourth-order valence-corrected chi connectivity index (χ4v) is 4.27. The minimum atomic E-state index is -0.00527. The van der Waals surface area contributed by atoms with E-state index in [0.717, 1.165) is 38.2 Å². The Labute approximate surface area is 175 Å². The lowest BCUT2D eigenvalue weighted by Crippen LogP contribution is -2.39. The zero-order chi connectivity index (χ0) is 20.4. The Balaban J connectivity index is 1.36. The van der Waals surface area contributed by atoms with E-state index in [2.05, 4.69) is 41.9 Å². The standard InChI is InChI=1S/C23H26ClN3O2/c1-16-4-3-5-17(2)22(16)29-13-12-26-10-8-19(9-11-26)27-15-25-21-7-6-18(24)14-20(21)23(27)28/h3-7,14-15,19H,8-13H2,1-2H3. The highest BCUT2D eigenvalue weighted by Crippen LogP contribution is 2.24. The van der Waals surface area contributed by atoms with Crippen molar-refractivity contribution in [3.8, 4) is 5.75 Å². The van der Waals surface area contributed by atoms with E-state index in [0.29, 0.717) is 22.5 Å². The molecule has 0 radical (unpaired) electrons. The van der Waals surface area contributed by atoms with Gasteiger partial charge >= 0.3 is 0 Å². The largest absolute Gasteiger partial charge is 0.492 e. The van der Waals surface area contributed by atoms with Crippen LogP contribution in [0.2, 0.25) is 5.02 Å². The van der Waals surface area contributed by atoms with Gasteiger partial charge in [0.05, 0.1) is 17.2 Å². The number of aromatic nitrogens is 2. The number of fused-ring (bicyclic) bond motifs is 1. The first-order chi connectivity index (χ1) is 14.0. The molecule has 2 aromatic carbocycles. The first kappa shape index (κ1) is 19.9. The van der Waals surface area contributed by atoms with Crippen LogP contribution in [0.15, 0.2) is 47.5 Å². The molecule has 1 fully saturated rings. The first-order valence-corrected chi connectivity index (χ1v) is 10.5. The van der Waals surface area contributed by atoms with Gasteiger partial charge in [0.15, 0.2) is 0 Å². The highest BCUT2D eigenvalue weighted by Gasteiger charge is 2.22. The van der Waals surface area contributed by atoms with E-state index in [-0.39, 0.29) is 11.6 Å². The van der Waals surface area contributed by atoms with Crippen LogP contribution >= 0.6 is 11.6 Å². The Morgan fingerprint density at radius 3 is 2.59 bits per heavy atom. The van der Waals surface area contributed by atoms with Gasteiger partial charge in [0.2, 0.25) is 0 Å². The number of piperidine rings is 1. The number of hydrogen-bond acceptors (Lipinski definition) is 4. The number of nitrogens with zero attached hydrogens (tertiary/aromatic N) is 3. The third kappa shape index (κ3) is 4.31. The normalized spacial score (nSPS) is 15.7. The maximum absolute atomic E-state index is 12.9. The summed E-state index contributed by atoms with van der Waals surface area (Å²) in [7, 11) is 0. The van der Waals surface area contributed by atoms with Gasteiger partial charge in [0.25, 0.3) is 5.56 Å². The fourth-order valence-electron chi connectivity index (χ4n) is 4.09. The molecule has 0 spiro atoms.